The molecule has 0 fully saturated rings. The van der Waals surface area contributed by atoms with Crippen molar-refractivity contribution in [1.29, 1.82) is 0 Å². The number of carboxylic acid groups (broad SMARTS) is 1. The van der Waals surface area contributed by atoms with Gasteiger partial charge in [-0.15, -0.1) is 0 Å². The van der Waals surface area contributed by atoms with Crippen molar-refractivity contribution in [3.8, 4) is 5.69 Å². The quantitative estimate of drug-likeness (QED) is 0.824. The molecule has 0 spiro atoms. The zero-order chi connectivity index (χ0) is 15.6. The number of nitrogens with zero attached hydrogens (tertiary/aromatic N) is 2. The largest absolute Gasteiger partial charge is 0.481 e. The Labute approximate surface area is 137 Å². The summed E-state index contributed by atoms with van der Waals surface area (Å²) in [5.74, 6) is -0.946. The molecular formula is C14H14Cl2N2O2S. The molecule has 2 rings (SSSR count). The highest BCUT2D eigenvalue weighted by Gasteiger charge is 2.16. The number of rotatable bonds is 5. The van der Waals surface area contributed by atoms with E-state index >= 15 is 0 Å². The van der Waals surface area contributed by atoms with E-state index in [-0.39, 0.29) is 5.75 Å². The first-order valence-electron chi connectivity index (χ1n) is 6.31. The van der Waals surface area contributed by atoms with E-state index in [2.05, 4.69) is 4.98 Å². The van der Waals surface area contributed by atoms with Gasteiger partial charge in [0, 0.05) is 16.9 Å². The van der Waals surface area contributed by atoms with Crippen molar-refractivity contribution >= 4 is 40.9 Å². The second-order valence-corrected chi connectivity index (χ2v) is 6.21. The number of imidazole rings is 1. The van der Waals surface area contributed by atoms with Crippen LogP contribution in [0.5, 0.6) is 0 Å². The molecule has 4 nitrogen and oxygen atoms in total. The normalized spacial score (nSPS) is 10.9. The van der Waals surface area contributed by atoms with E-state index in [0.717, 1.165) is 35.1 Å². The summed E-state index contributed by atoms with van der Waals surface area (Å²) in [6.07, 6.45) is 2.48. The molecule has 0 unspecified atom stereocenters. The lowest BCUT2D eigenvalue weighted by Crippen LogP contribution is -2.05. The Morgan fingerprint density at radius 1 is 1.38 bits per heavy atom. The summed E-state index contributed by atoms with van der Waals surface area (Å²) in [5, 5.41) is 10.6. The van der Waals surface area contributed by atoms with Crippen molar-refractivity contribution in [3.05, 3.63) is 39.6 Å². The molecule has 1 aromatic carbocycles. The van der Waals surface area contributed by atoms with Crippen molar-refractivity contribution < 1.29 is 9.90 Å². The number of benzene rings is 1. The molecule has 0 atom stereocenters. The topological polar surface area (TPSA) is 55.1 Å². The van der Waals surface area contributed by atoms with Crippen molar-refractivity contribution in [2.75, 3.05) is 5.75 Å². The Morgan fingerprint density at radius 3 is 2.71 bits per heavy atom. The molecule has 1 N–H and O–H groups in total. The Kier molecular flexibility index (Phi) is 5.19. The number of hydrogen-bond acceptors (Lipinski definition) is 3. The van der Waals surface area contributed by atoms with Crippen LogP contribution < -0.4 is 0 Å². The van der Waals surface area contributed by atoms with E-state index in [1.54, 1.807) is 18.3 Å². The van der Waals surface area contributed by atoms with Crippen LogP contribution in [0.4, 0.5) is 0 Å². The number of thioether (sulfide) groups is 1. The van der Waals surface area contributed by atoms with Gasteiger partial charge in [-0.25, -0.2) is 4.98 Å². The molecule has 21 heavy (non-hydrogen) atoms. The maximum atomic E-state index is 10.8. The van der Waals surface area contributed by atoms with Gasteiger partial charge in [0.05, 0.1) is 16.5 Å². The van der Waals surface area contributed by atoms with Crippen LogP contribution in [-0.2, 0) is 11.2 Å². The second-order valence-electron chi connectivity index (χ2n) is 4.46. The van der Waals surface area contributed by atoms with E-state index in [1.165, 1.54) is 0 Å². The van der Waals surface area contributed by atoms with Crippen LogP contribution >= 0.6 is 35.0 Å². The van der Waals surface area contributed by atoms with Crippen LogP contribution in [0, 0.1) is 6.92 Å². The molecule has 1 heterocycles. The predicted molar refractivity (Wildman–Crippen MR) is 86.1 cm³/mol. The maximum absolute atomic E-state index is 10.8. The standard InChI is InChI=1S/C14H14Cl2N2O2S/c1-3-9-6-17-14(21-7-13(19)20)18(9)12-5-10(15)8(2)4-11(12)16/h4-6H,3,7H2,1-2H3,(H,19,20). The second kappa shape index (κ2) is 6.73. The summed E-state index contributed by atoms with van der Waals surface area (Å²) < 4.78 is 1.86. The Bertz CT molecular complexity index is 686. The minimum absolute atomic E-state index is 0.0582. The van der Waals surface area contributed by atoms with Gasteiger partial charge in [0.25, 0.3) is 0 Å². The average Bonchev–Trinajstić information content (AvgIpc) is 2.83. The van der Waals surface area contributed by atoms with Gasteiger partial charge in [-0.3, -0.25) is 9.36 Å². The predicted octanol–water partition coefficient (Wildman–Crippen LogP) is 4.23. The van der Waals surface area contributed by atoms with Crippen LogP contribution in [0.1, 0.15) is 18.2 Å². The molecule has 0 bridgehead atoms. The third-order valence-corrected chi connectivity index (χ3v) is 4.61. The van der Waals surface area contributed by atoms with Gasteiger partial charge < -0.3 is 5.11 Å². The third-order valence-electron chi connectivity index (χ3n) is 2.96. The summed E-state index contributed by atoms with van der Waals surface area (Å²) in [4.78, 5) is 15.0. The van der Waals surface area contributed by atoms with Crippen LogP contribution in [0.3, 0.4) is 0 Å². The average molecular weight is 345 g/mol. The number of carboxylic acids is 1. The molecule has 0 aliphatic carbocycles. The minimum Gasteiger partial charge on any atom is -0.481 e. The number of aryl methyl sites for hydroxylation is 2. The number of aromatic nitrogens is 2. The summed E-state index contributed by atoms with van der Waals surface area (Å²) in [7, 11) is 0. The monoisotopic (exact) mass is 344 g/mol. The van der Waals surface area contributed by atoms with Crippen molar-refractivity contribution in [2.24, 2.45) is 0 Å². The van der Waals surface area contributed by atoms with Crippen LogP contribution in [-0.4, -0.2) is 26.4 Å². The number of aliphatic carboxylic acids is 1. The summed E-state index contributed by atoms with van der Waals surface area (Å²) in [5.41, 5.74) is 2.56. The van der Waals surface area contributed by atoms with Crippen LogP contribution in [0.2, 0.25) is 10.0 Å². The fourth-order valence-electron chi connectivity index (χ4n) is 1.91. The lowest BCUT2D eigenvalue weighted by atomic mass is 10.2. The third kappa shape index (κ3) is 3.54. The van der Waals surface area contributed by atoms with E-state index in [0.29, 0.717) is 15.2 Å². The molecule has 2 aromatic rings. The zero-order valence-corrected chi connectivity index (χ0v) is 13.9. The van der Waals surface area contributed by atoms with Gasteiger partial charge in [-0.2, -0.15) is 0 Å². The van der Waals surface area contributed by atoms with Gasteiger partial charge in [0.1, 0.15) is 0 Å². The van der Waals surface area contributed by atoms with Gasteiger partial charge in [0.15, 0.2) is 5.16 Å². The lowest BCUT2D eigenvalue weighted by Gasteiger charge is -2.13. The fraction of sp³-hybridized carbons (Fsp3) is 0.286. The molecule has 0 amide bonds. The minimum atomic E-state index is -0.888. The van der Waals surface area contributed by atoms with E-state index in [9.17, 15) is 4.79 Å². The van der Waals surface area contributed by atoms with E-state index < -0.39 is 5.97 Å². The van der Waals surface area contributed by atoms with Crippen LogP contribution in [0.25, 0.3) is 5.69 Å². The molecule has 0 saturated heterocycles. The van der Waals surface area contributed by atoms with Gasteiger partial charge in [-0.05, 0) is 31.0 Å². The fourth-order valence-corrected chi connectivity index (χ4v) is 3.10. The first-order valence-corrected chi connectivity index (χ1v) is 8.05. The van der Waals surface area contributed by atoms with Crippen molar-refractivity contribution in [2.45, 2.75) is 25.4 Å². The molecule has 0 saturated carbocycles. The first kappa shape index (κ1) is 16.2. The summed E-state index contributed by atoms with van der Waals surface area (Å²) in [6.45, 7) is 3.88. The number of carbonyl (C=O) groups is 1. The first-order chi connectivity index (χ1) is 9.93. The van der Waals surface area contributed by atoms with Gasteiger partial charge >= 0.3 is 5.97 Å². The van der Waals surface area contributed by atoms with E-state index in [4.69, 9.17) is 28.3 Å². The van der Waals surface area contributed by atoms with E-state index in [1.807, 2.05) is 18.4 Å². The van der Waals surface area contributed by atoms with Gasteiger partial charge in [0.2, 0.25) is 0 Å². The highest BCUT2D eigenvalue weighted by atomic mass is 35.5. The molecule has 0 radical (unpaired) electrons. The maximum Gasteiger partial charge on any atom is 0.313 e. The highest BCUT2D eigenvalue weighted by Crippen LogP contribution is 2.32. The number of halogens is 2. The lowest BCUT2D eigenvalue weighted by molar-refractivity contribution is -0.133. The SMILES string of the molecule is CCc1cnc(SCC(=O)O)n1-c1cc(Cl)c(C)cc1Cl. The Balaban J connectivity index is 2.53. The Hall–Kier alpha value is -1.17. The molecule has 0 aliphatic rings. The number of hydrogen-bond donors (Lipinski definition) is 1. The molecule has 112 valence electrons. The van der Waals surface area contributed by atoms with Crippen molar-refractivity contribution in [3.63, 3.8) is 0 Å². The molecule has 0 aliphatic heterocycles. The smallest absolute Gasteiger partial charge is 0.313 e. The summed E-state index contributed by atoms with van der Waals surface area (Å²) in [6, 6.07) is 3.58. The van der Waals surface area contributed by atoms with Gasteiger partial charge in [-0.1, -0.05) is 41.9 Å². The van der Waals surface area contributed by atoms with Crippen LogP contribution in [0.15, 0.2) is 23.5 Å². The zero-order valence-electron chi connectivity index (χ0n) is 11.6. The summed E-state index contributed by atoms with van der Waals surface area (Å²) >= 11 is 13.7. The molecule has 7 heteroatoms. The van der Waals surface area contributed by atoms with Crippen molar-refractivity contribution in [1.82, 2.24) is 9.55 Å². The highest BCUT2D eigenvalue weighted by molar-refractivity contribution is 7.99. The molecular weight excluding hydrogens is 331 g/mol. The Morgan fingerprint density at radius 2 is 2.10 bits per heavy atom. The molecule has 1 aromatic heterocycles.